The predicted octanol–water partition coefficient (Wildman–Crippen LogP) is 6.90. The molecule has 36 heavy (non-hydrogen) atoms. The Morgan fingerprint density at radius 3 is 2.31 bits per heavy atom. The van der Waals surface area contributed by atoms with Crippen molar-refractivity contribution in [2.75, 3.05) is 26.7 Å². The van der Waals surface area contributed by atoms with Gasteiger partial charge >= 0.3 is 0 Å². The zero-order chi connectivity index (χ0) is 26.2. The molecule has 0 spiro atoms. The van der Waals surface area contributed by atoms with E-state index in [1.807, 2.05) is 18.2 Å². The minimum absolute atomic E-state index is 0.455. The van der Waals surface area contributed by atoms with Gasteiger partial charge in [0, 0.05) is 31.9 Å². The van der Waals surface area contributed by atoms with Crippen LogP contribution >= 0.6 is 0 Å². The molecule has 4 heteroatoms. The molecule has 0 aromatic heterocycles. The molecule has 192 valence electrons. The number of likely N-dealkylation sites (N-methyl/N-ethyl adjacent to an activating group) is 1. The van der Waals surface area contributed by atoms with Crippen LogP contribution in [0.5, 0.6) is 0 Å². The second-order valence-corrected chi connectivity index (χ2v) is 9.64. The first-order chi connectivity index (χ1) is 17.5. The summed E-state index contributed by atoms with van der Waals surface area (Å²) in [5.74, 6) is 0.455. The zero-order valence-corrected chi connectivity index (χ0v) is 22.8. The summed E-state index contributed by atoms with van der Waals surface area (Å²) < 4.78 is 0. The van der Waals surface area contributed by atoms with Crippen molar-refractivity contribution in [3.8, 4) is 6.07 Å². The monoisotopic (exact) mass is 484 g/mol. The smallest absolute Gasteiger partial charge is 0.0991 e. The number of hydrogen-bond acceptors (Lipinski definition) is 4. The van der Waals surface area contributed by atoms with Crippen LogP contribution in [0.1, 0.15) is 69.6 Å². The topological polar surface area (TPSA) is 51.1 Å². The van der Waals surface area contributed by atoms with Crippen molar-refractivity contribution in [1.29, 1.82) is 5.26 Å². The highest BCUT2D eigenvalue weighted by molar-refractivity contribution is 5.33. The van der Waals surface area contributed by atoms with Gasteiger partial charge in [-0.1, -0.05) is 87.4 Å². The van der Waals surface area contributed by atoms with E-state index in [1.165, 1.54) is 34.5 Å². The van der Waals surface area contributed by atoms with Crippen LogP contribution in [0.15, 0.2) is 89.8 Å². The first kappa shape index (κ1) is 28.9. The van der Waals surface area contributed by atoms with Gasteiger partial charge in [0.05, 0.1) is 17.3 Å². The van der Waals surface area contributed by atoms with Crippen LogP contribution in [0.3, 0.4) is 0 Å². The van der Waals surface area contributed by atoms with Crippen LogP contribution < -0.4 is 10.6 Å². The van der Waals surface area contributed by atoms with E-state index in [1.54, 1.807) is 0 Å². The highest BCUT2D eigenvalue weighted by atomic mass is 15.1. The molecule has 4 rings (SSSR count). The van der Waals surface area contributed by atoms with Crippen molar-refractivity contribution < 1.29 is 0 Å². The Kier molecular flexibility index (Phi) is 13.2. The minimum Gasteiger partial charge on any atom is -0.385 e. The number of nitrogens with one attached hydrogen (secondary N) is 2. The van der Waals surface area contributed by atoms with E-state index in [9.17, 15) is 0 Å². The largest absolute Gasteiger partial charge is 0.385 e. The Labute approximate surface area is 219 Å². The first-order valence-electron chi connectivity index (χ1n) is 13.2. The maximum atomic E-state index is 8.82. The van der Waals surface area contributed by atoms with E-state index in [-0.39, 0.29) is 0 Å². The number of allylic oxidation sites excluding steroid dienone is 5. The van der Waals surface area contributed by atoms with E-state index >= 15 is 0 Å². The fourth-order valence-corrected chi connectivity index (χ4v) is 4.13. The summed E-state index contributed by atoms with van der Waals surface area (Å²) in [6, 6.07) is 20.6. The van der Waals surface area contributed by atoms with Crippen molar-refractivity contribution >= 4 is 0 Å². The molecule has 1 atom stereocenters. The Bertz CT molecular complexity index is 1030. The number of rotatable bonds is 5. The molecule has 1 heterocycles. The summed E-state index contributed by atoms with van der Waals surface area (Å²) in [7, 11) is 2.15. The van der Waals surface area contributed by atoms with Crippen molar-refractivity contribution in [2.24, 2.45) is 0 Å². The van der Waals surface area contributed by atoms with E-state index < -0.39 is 0 Å². The average Bonchev–Trinajstić information content (AvgIpc) is 2.88. The second-order valence-electron chi connectivity index (χ2n) is 9.64. The van der Waals surface area contributed by atoms with E-state index in [4.69, 9.17) is 5.26 Å². The normalized spacial score (nSPS) is 17.5. The van der Waals surface area contributed by atoms with Crippen LogP contribution in [0, 0.1) is 11.3 Å². The van der Waals surface area contributed by atoms with Gasteiger partial charge in [0.2, 0.25) is 0 Å². The van der Waals surface area contributed by atoms with Gasteiger partial charge in [-0.25, -0.2) is 0 Å². The lowest BCUT2D eigenvalue weighted by Crippen LogP contribution is -2.35. The highest BCUT2D eigenvalue weighted by Crippen LogP contribution is 2.18. The van der Waals surface area contributed by atoms with Crippen LogP contribution in [0.4, 0.5) is 0 Å². The molecule has 1 aliphatic heterocycles. The van der Waals surface area contributed by atoms with Gasteiger partial charge in [0.15, 0.2) is 0 Å². The van der Waals surface area contributed by atoms with Crippen molar-refractivity contribution in [1.82, 2.24) is 15.5 Å². The zero-order valence-electron chi connectivity index (χ0n) is 22.8. The summed E-state index contributed by atoms with van der Waals surface area (Å²) in [6.45, 7) is 12.7. The van der Waals surface area contributed by atoms with Crippen LogP contribution in [-0.4, -0.2) is 31.6 Å². The maximum absolute atomic E-state index is 8.82. The number of hydrogen-bond donors (Lipinski definition) is 2. The lowest BCUT2D eigenvalue weighted by atomic mass is 9.99. The summed E-state index contributed by atoms with van der Waals surface area (Å²) in [6.07, 6.45) is 10.0. The van der Waals surface area contributed by atoms with Crippen molar-refractivity contribution in [2.45, 2.75) is 59.4 Å². The van der Waals surface area contributed by atoms with Crippen molar-refractivity contribution in [3.05, 3.63) is 106 Å². The average molecular weight is 485 g/mol. The molecule has 4 nitrogen and oxygen atoms in total. The highest BCUT2D eigenvalue weighted by Gasteiger charge is 2.10. The Morgan fingerprint density at radius 1 is 0.972 bits per heavy atom. The Balaban J connectivity index is 0.000000244. The van der Waals surface area contributed by atoms with Gasteiger partial charge < -0.3 is 15.5 Å². The molecule has 2 aliphatic rings. The van der Waals surface area contributed by atoms with Gasteiger partial charge in [0.25, 0.3) is 0 Å². The fourth-order valence-electron chi connectivity index (χ4n) is 4.13. The maximum Gasteiger partial charge on any atom is 0.0991 e. The minimum atomic E-state index is 0.455. The fraction of sp³-hybridized carbons (Fsp3) is 0.406. The predicted molar refractivity (Wildman–Crippen MR) is 153 cm³/mol. The van der Waals surface area contributed by atoms with Gasteiger partial charge in [-0.3, -0.25) is 0 Å². The number of benzene rings is 2. The van der Waals surface area contributed by atoms with Gasteiger partial charge in [0.1, 0.15) is 0 Å². The first-order valence-corrected chi connectivity index (χ1v) is 13.2. The van der Waals surface area contributed by atoms with Crippen LogP contribution in [0.25, 0.3) is 0 Å². The number of nitrogens with zero attached hydrogens (tertiary/aromatic N) is 2. The molecule has 2 aromatic rings. The van der Waals surface area contributed by atoms with Gasteiger partial charge in [-0.2, -0.15) is 5.26 Å². The summed E-state index contributed by atoms with van der Waals surface area (Å²) in [5, 5.41) is 15.7. The third-order valence-electron chi connectivity index (χ3n) is 6.01. The third kappa shape index (κ3) is 10.5. The second kappa shape index (κ2) is 16.4. The van der Waals surface area contributed by atoms with E-state index in [0.717, 1.165) is 44.6 Å². The summed E-state index contributed by atoms with van der Waals surface area (Å²) in [5.41, 5.74) is 7.43. The molecule has 0 fully saturated rings. The Morgan fingerprint density at radius 2 is 1.64 bits per heavy atom. The molecule has 0 saturated heterocycles. The number of nitriles is 1. The lowest BCUT2D eigenvalue weighted by molar-refractivity contribution is 0.309. The third-order valence-corrected chi connectivity index (χ3v) is 6.01. The van der Waals surface area contributed by atoms with Crippen LogP contribution in [-0.2, 0) is 6.54 Å². The summed E-state index contributed by atoms with van der Waals surface area (Å²) >= 11 is 0. The molecule has 0 saturated carbocycles. The van der Waals surface area contributed by atoms with Crippen LogP contribution in [0.2, 0.25) is 0 Å². The molecule has 0 bridgehead atoms. The quantitative estimate of drug-likeness (QED) is 0.485. The molecule has 1 unspecified atom stereocenters. The van der Waals surface area contributed by atoms with Gasteiger partial charge in [-0.15, -0.1) is 0 Å². The lowest BCUT2D eigenvalue weighted by Gasteiger charge is -2.23. The molecule has 2 N–H and O–H groups in total. The van der Waals surface area contributed by atoms with E-state index in [2.05, 4.69) is 111 Å². The van der Waals surface area contributed by atoms with Gasteiger partial charge in [-0.05, 0) is 62.1 Å². The summed E-state index contributed by atoms with van der Waals surface area (Å²) in [4.78, 5) is 2.33. The SMILES string of the molecule is C/C1=C\C=C/C2=C(CC1)NCCN2.CC(CN(C)Cc1ccccc1)c1ccc(C#N)cc1.CCC. The standard InChI is InChI=1S/C18H20N2.C11H16N2.C3H8/c1-15(18-10-8-16(12-19)9-11-18)13-20(2)14-17-6-4-3-5-7-17;1-9-3-2-4-10-11(6-5-9)13-8-7-12-10;1-3-2/h3-11,15H,13-14H2,1-2H3;2-4,12-13H,5-8H2,1H3;3H2,1-2H3/b;4-2-,9-3+;. The molecule has 1 aliphatic carbocycles. The van der Waals surface area contributed by atoms with Crippen molar-refractivity contribution in [3.63, 3.8) is 0 Å². The Hall–Kier alpha value is -3.29. The van der Waals surface area contributed by atoms with E-state index in [0.29, 0.717) is 5.92 Å². The molecular formula is C32H44N4. The molecule has 2 aromatic carbocycles. The molecular weight excluding hydrogens is 440 g/mol. The molecule has 0 radical (unpaired) electrons. The molecule has 0 amide bonds.